The van der Waals surface area contributed by atoms with Crippen LogP contribution in [0.1, 0.15) is 39.7 Å². The van der Waals surface area contributed by atoms with Crippen molar-refractivity contribution in [3.8, 4) is 5.69 Å². The van der Waals surface area contributed by atoms with Gasteiger partial charge >= 0.3 is 0 Å². The molecule has 6 heteroatoms. The number of nitrogens with zero attached hydrogens (tertiary/aromatic N) is 3. The first-order valence-electron chi connectivity index (χ1n) is 10.4. The zero-order valence-corrected chi connectivity index (χ0v) is 17.7. The number of hydrogen-bond donors (Lipinski definition) is 2. The highest BCUT2D eigenvalue weighted by Gasteiger charge is 2.12. The molecule has 2 N–H and O–H groups in total. The third-order valence-electron chi connectivity index (χ3n) is 4.51. The van der Waals surface area contributed by atoms with Crippen molar-refractivity contribution in [3.63, 3.8) is 0 Å². The number of nitrogens with one attached hydrogen (secondary N) is 2. The highest BCUT2D eigenvalue weighted by atomic mass is 16.5. The lowest BCUT2D eigenvalue weighted by molar-refractivity contribution is 0.0266. The molecule has 1 aromatic heterocycles. The molecule has 1 heterocycles. The molecule has 0 fully saturated rings. The van der Waals surface area contributed by atoms with Gasteiger partial charge < -0.3 is 15.4 Å². The lowest BCUT2D eigenvalue weighted by Gasteiger charge is -2.20. The SMILES string of the molecule is CCNC(=NCCC(OCC)C(C)C)NCCc1cnn(-c2ccccc2)c1. The summed E-state index contributed by atoms with van der Waals surface area (Å²) in [6, 6.07) is 10.2. The Morgan fingerprint density at radius 1 is 1.18 bits per heavy atom. The van der Waals surface area contributed by atoms with Crippen LogP contribution in [0.5, 0.6) is 0 Å². The van der Waals surface area contributed by atoms with Gasteiger partial charge in [-0.15, -0.1) is 0 Å². The predicted octanol–water partition coefficient (Wildman–Crippen LogP) is 3.42. The molecule has 0 aliphatic carbocycles. The van der Waals surface area contributed by atoms with Crippen LogP contribution in [0.3, 0.4) is 0 Å². The topological polar surface area (TPSA) is 63.5 Å². The first-order chi connectivity index (χ1) is 13.6. The number of ether oxygens (including phenoxy) is 1. The molecule has 6 nitrogen and oxygen atoms in total. The van der Waals surface area contributed by atoms with Gasteiger partial charge in [0.1, 0.15) is 0 Å². The van der Waals surface area contributed by atoms with E-state index in [4.69, 9.17) is 9.73 Å². The Labute approximate surface area is 169 Å². The summed E-state index contributed by atoms with van der Waals surface area (Å²) in [5, 5.41) is 11.2. The van der Waals surface area contributed by atoms with Crippen molar-refractivity contribution in [2.45, 2.75) is 46.6 Å². The van der Waals surface area contributed by atoms with Gasteiger partial charge in [0.05, 0.1) is 18.0 Å². The van der Waals surface area contributed by atoms with E-state index >= 15 is 0 Å². The molecule has 1 aromatic carbocycles. The number of rotatable bonds is 11. The number of benzene rings is 1. The van der Waals surface area contributed by atoms with Crippen LogP contribution in [-0.4, -0.2) is 48.1 Å². The van der Waals surface area contributed by atoms with Gasteiger partial charge in [-0.1, -0.05) is 32.0 Å². The minimum Gasteiger partial charge on any atom is -0.378 e. The predicted molar refractivity (Wildman–Crippen MR) is 116 cm³/mol. The van der Waals surface area contributed by atoms with Gasteiger partial charge in [-0.3, -0.25) is 4.99 Å². The summed E-state index contributed by atoms with van der Waals surface area (Å²) < 4.78 is 7.71. The van der Waals surface area contributed by atoms with E-state index in [1.165, 1.54) is 5.56 Å². The maximum Gasteiger partial charge on any atom is 0.191 e. The average Bonchev–Trinajstić information content (AvgIpc) is 3.17. The Hall–Kier alpha value is -2.34. The Morgan fingerprint density at radius 2 is 1.96 bits per heavy atom. The normalized spacial score (nSPS) is 13.0. The molecule has 0 spiro atoms. The van der Waals surface area contributed by atoms with Gasteiger partial charge in [0.25, 0.3) is 0 Å². The Balaban J connectivity index is 1.82. The molecule has 28 heavy (non-hydrogen) atoms. The molecule has 2 aromatic rings. The van der Waals surface area contributed by atoms with Crippen LogP contribution in [-0.2, 0) is 11.2 Å². The third-order valence-corrected chi connectivity index (χ3v) is 4.51. The second-order valence-corrected chi connectivity index (χ2v) is 7.09. The summed E-state index contributed by atoms with van der Waals surface area (Å²) >= 11 is 0. The number of aliphatic imine (C=N–C) groups is 1. The average molecular weight is 386 g/mol. The largest absolute Gasteiger partial charge is 0.378 e. The standard InChI is InChI=1S/C22H35N5O/c1-5-23-22(25-15-13-21(18(3)4)28-6-2)24-14-12-19-16-26-27(17-19)20-10-8-7-9-11-20/h7-11,16-18,21H,5-6,12-15H2,1-4H3,(H2,23,24,25). The van der Waals surface area contributed by atoms with Crippen molar-refractivity contribution in [2.24, 2.45) is 10.9 Å². The summed E-state index contributed by atoms with van der Waals surface area (Å²) in [4.78, 5) is 4.70. The summed E-state index contributed by atoms with van der Waals surface area (Å²) in [6.07, 6.45) is 6.10. The van der Waals surface area contributed by atoms with Crippen molar-refractivity contribution < 1.29 is 4.74 Å². The van der Waals surface area contributed by atoms with Crippen LogP contribution >= 0.6 is 0 Å². The van der Waals surface area contributed by atoms with Gasteiger partial charge in [0.2, 0.25) is 0 Å². The van der Waals surface area contributed by atoms with E-state index in [9.17, 15) is 0 Å². The number of para-hydroxylation sites is 1. The molecule has 154 valence electrons. The van der Waals surface area contributed by atoms with Crippen molar-refractivity contribution in [1.29, 1.82) is 0 Å². The van der Waals surface area contributed by atoms with E-state index in [2.05, 4.69) is 54.8 Å². The van der Waals surface area contributed by atoms with Crippen LogP contribution in [0.2, 0.25) is 0 Å². The van der Waals surface area contributed by atoms with Crippen LogP contribution in [0.25, 0.3) is 5.69 Å². The molecule has 2 rings (SSSR count). The molecule has 0 aliphatic heterocycles. The maximum atomic E-state index is 5.80. The molecule has 0 amide bonds. The second-order valence-electron chi connectivity index (χ2n) is 7.09. The van der Waals surface area contributed by atoms with Crippen LogP contribution in [0, 0.1) is 5.92 Å². The van der Waals surface area contributed by atoms with E-state index in [1.807, 2.05) is 36.0 Å². The van der Waals surface area contributed by atoms with Crippen LogP contribution in [0.4, 0.5) is 0 Å². The van der Waals surface area contributed by atoms with Crippen molar-refractivity contribution in [3.05, 3.63) is 48.3 Å². The van der Waals surface area contributed by atoms with Crippen LogP contribution in [0.15, 0.2) is 47.7 Å². The molecule has 0 radical (unpaired) electrons. The molecular weight excluding hydrogens is 350 g/mol. The highest BCUT2D eigenvalue weighted by Crippen LogP contribution is 2.11. The maximum absolute atomic E-state index is 5.80. The zero-order chi connectivity index (χ0) is 20.2. The summed E-state index contributed by atoms with van der Waals surface area (Å²) in [6.45, 7) is 11.7. The molecule has 1 atom stereocenters. The van der Waals surface area contributed by atoms with E-state index in [0.29, 0.717) is 5.92 Å². The molecular formula is C22H35N5O. The summed E-state index contributed by atoms with van der Waals surface area (Å²) in [5.74, 6) is 1.36. The fourth-order valence-electron chi connectivity index (χ4n) is 3.00. The van der Waals surface area contributed by atoms with E-state index in [1.54, 1.807) is 0 Å². The van der Waals surface area contributed by atoms with E-state index in [0.717, 1.165) is 50.7 Å². The fourth-order valence-corrected chi connectivity index (χ4v) is 3.00. The quantitative estimate of drug-likeness (QED) is 0.460. The van der Waals surface area contributed by atoms with E-state index < -0.39 is 0 Å². The molecule has 0 saturated heterocycles. The highest BCUT2D eigenvalue weighted by molar-refractivity contribution is 5.79. The second kappa shape index (κ2) is 12.2. The number of hydrogen-bond acceptors (Lipinski definition) is 3. The Kier molecular flexibility index (Phi) is 9.55. The Morgan fingerprint density at radius 3 is 2.64 bits per heavy atom. The number of guanidine groups is 1. The fraction of sp³-hybridized carbons (Fsp3) is 0.545. The lowest BCUT2D eigenvalue weighted by Crippen LogP contribution is -2.38. The lowest BCUT2D eigenvalue weighted by atomic mass is 10.0. The first-order valence-corrected chi connectivity index (χ1v) is 10.4. The summed E-state index contributed by atoms with van der Waals surface area (Å²) in [5.41, 5.74) is 2.27. The molecule has 0 aliphatic rings. The smallest absolute Gasteiger partial charge is 0.191 e. The zero-order valence-electron chi connectivity index (χ0n) is 17.7. The van der Waals surface area contributed by atoms with Gasteiger partial charge in [0.15, 0.2) is 5.96 Å². The van der Waals surface area contributed by atoms with Crippen molar-refractivity contribution in [1.82, 2.24) is 20.4 Å². The molecule has 0 saturated carbocycles. The number of aromatic nitrogens is 2. The Bertz CT molecular complexity index is 696. The van der Waals surface area contributed by atoms with Gasteiger partial charge in [0, 0.05) is 32.4 Å². The van der Waals surface area contributed by atoms with Gasteiger partial charge in [-0.2, -0.15) is 5.10 Å². The minimum atomic E-state index is 0.264. The van der Waals surface area contributed by atoms with Crippen molar-refractivity contribution >= 4 is 5.96 Å². The van der Waals surface area contributed by atoms with Gasteiger partial charge in [-0.25, -0.2) is 4.68 Å². The third kappa shape index (κ3) is 7.35. The minimum absolute atomic E-state index is 0.264. The summed E-state index contributed by atoms with van der Waals surface area (Å²) in [7, 11) is 0. The van der Waals surface area contributed by atoms with Crippen molar-refractivity contribution in [2.75, 3.05) is 26.2 Å². The van der Waals surface area contributed by atoms with Crippen LogP contribution < -0.4 is 10.6 Å². The molecule has 0 bridgehead atoms. The molecule has 1 unspecified atom stereocenters. The van der Waals surface area contributed by atoms with Gasteiger partial charge in [-0.05, 0) is 50.3 Å². The monoisotopic (exact) mass is 385 g/mol. The van der Waals surface area contributed by atoms with E-state index in [-0.39, 0.29) is 6.10 Å². The first kappa shape index (κ1) is 22.0.